The Labute approximate surface area is 132 Å². The molecular formula is C17H25ClO3. The van der Waals surface area contributed by atoms with Crippen LogP contribution in [0.1, 0.15) is 46.6 Å². The van der Waals surface area contributed by atoms with Crippen LogP contribution >= 0.6 is 11.6 Å². The van der Waals surface area contributed by atoms with E-state index < -0.39 is 0 Å². The van der Waals surface area contributed by atoms with Crippen molar-refractivity contribution in [1.29, 1.82) is 0 Å². The molecule has 2 rings (SSSR count). The minimum absolute atomic E-state index is 0.0314. The Hall–Kier alpha value is -0.930. The summed E-state index contributed by atoms with van der Waals surface area (Å²) in [5, 5.41) is 0. The molecule has 0 aliphatic carbocycles. The van der Waals surface area contributed by atoms with Gasteiger partial charge in [-0.1, -0.05) is 12.1 Å². The SMILES string of the molecule is CCOc1cccc(CCl)c1OC1CC(C)(C)OC1(C)C. The van der Waals surface area contributed by atoms with Crippen LogP contribution in [0, 0.1) is 0 Å². The van der Waals surface area contributed by atoms with E-state index in [1.54, 1.807) is 0 Å². The largest absolute Gasteiger partial charge is 0.490 e. The molecule has 1 aromatic carbocycles. The fraction of sp³-hybridized carbons (Fsp3) is 0.647. The number of hydrogen-bond donors (Lipinski definition) is 0. The first-order valence-corrected chi connectivity index (χ1v) is 8.00. The lowest BCUT2D eigenvalue weighted by molar-refractivity contribution is -0.0848. The maximum atomic E-state index is 6.30. The Morgan fingerprint density at radius 1 is 1.29 bits per heavy atom. The van der Waals surface area contributed by atoms with Gasteiger partial charge in [0.15, 0.2) is 11.5 Å². The van der Waals surface area contributed by atoms with Crippen LogP contribution in [-0.4, -0.2) is 23.9 Å². The topological polar surface area (TPSA) is 27.7 Å². The lowest BCUT2D eigenvalue weighted by Gasteiger charge is -2.28. The van der Waals surface area contributed by atoms with Gasteiger partial charge in [-0.25, -0.2) is 0 Å². The summed E-state index contributed by atoms with van der Waals surface area (Å²) in [5.74, 6) is 1.89. The Balaban J connectivity index is 2.30. The molecule has 0 spiro atoms. The van der Waals surface area contributed by atoms with E-state index in [0.29, 0.717) is 12.5 Å². The van der Waals surface area contributed by atoms with Crippen LogP contribution in [0.3, 0.4) is 0 Å². The standard InChI is InChI=1S/C17H25ClO3/c1-6-19-13-9-7-8-12(11-18)15(13)20-14-10-16(2,3)21-17(14,4)5/h7-9,14H,6,10-11H2,1-5H3. The summed E-state index contributed by atoms with van der Waals surface area (Å²) in [7, 11) is 0. The second kappa shape index (κ2) is 6.05. The predicted molar refractivity (Wildman–Crippen MR) is 85.4 cm³/mol. The summed E-state index contributed by atoms with van der Waals surface area (Å²) in [4.78, 5) is 0. The van der Waals surface area contributed by atoms with Crippen LogP contribution in [0.25, 0.3) is 0 Å². The first-order valence-electron chi connectivity index (χ1n) is 7.46. The lowest BCUT2D eigenvalue weighted by Crippen LogP contribution is -2.37. The summed E-state index contributed by atoms with van der Waals surface area (Å²) in [6.07, 6.45) is 0.804. The summed E-state index contributed by atoms with van der Waals surface area (Å²) in [6, 6.07) is 5.83. The van der Waals surface area contributed by atoms with E-state index in [0.717, 1.165) is 23.5 Å². The first kappa shape index (κ1) is 16.4. The molecule has 1 fully saturated rings. The van der Waals surface area contributed by atoms with E-state index in [1.807, 2.05) is 25.1 Å². The van der Waals surface area contributed by atoms with E-state index in [1.165, 1.54) is 0 Å². The third-order valence-corrected chi connectivity index (χ3v) is 4.04. The number of ether oxygens (including phenoxy) is 3. The monoisotopic (exact) mass is 312 g/mol. The Morgan fingerprint density at radius 3 is 2.52 bits per heavy atom. The molecule has 1 aliphatic rings. The average Bonchev–Trinajstić information content (AvgIpc) is 2.59. The van der Waals surface area contributed by atoms with E-state index in [9.17, 15) is 0 Å². The molecule has 0 saturated carbocycles. The van der Waals surface area contributed by atoms with Crippen LogP contribution in [0.5, 0.6) is 11.5 Å². The van der Waals surface area contributed by atoms with Gasteiger partial charge in [0.25, 0.3) is 0 Å². The van der Waals surface area contributed by atoms with Gasteiger partial charge in [0.1, 0.15) is 11.7 Å². The average molecular weight is 313 g/mol. The second-order valence-electron chi connectivity index (χ2n) is 6.59. The van der Waals surface area contributed by atoms with E-state index in [4.69, 9.17) is 25.8 Å². The van der Waals surface area contributed by atoms with E-state index >= 15 is 0 Å². The van der Waals surface area contributed by atoms with E-state index in [2.05, 4.69) is 27.7 Å². The molecule has 4 heteroatoms. The van der Waals surface area contributed by atoms with Gasteiger partial charge < -0.3 is 14.2 Å². The molecule has 0 N–H and O–H groups in total. The van der Waals surface area contributed by atoms with Crippen LogP contribution in [0.4, 0.5) is 0 Å². The smallest absolute Gasteiger partial charge is 0.166 e. The molecule has 0 amide bonds. The molecule has 1 saturated heterocycles. The summed E-state index contributed by atoms with van der Waals surface area (Å²) < 4.78 is 18.1. The van der Waals surface area contributed by atoms with Crippen LogP contribution < -0.4 is 9.47 Å². The molecule has 1 aromatic rings. The summed E-state index contributed by atoms with van der Waals surface area (Å²) >= 11 is 6.05. The fourth-order valence-electron chi connectivity index (χ4n) is 2.91. The van der Waals surface area contributed by atoms with Gasteiger partial charge in [0, 0.05) is 12.0 Å². The lowest BCUT2D eigenvalue weighted by atomic mass is 9.97. The summed E-state index contributed by atoms with van der Waals surface area (Å²) in [5.41, 5.74) is 0.422. The highest BCUT2D eigenvalue weighted by Crippen LogP contribution is 2.42. The van der Waals surface area contributed by atoms with Gasteiger partial charge in [0.2, 0.25) is 0 Å². The molecule has 21 heavy (non-hydrogen) atoms. The van der Waals surface area contributed by atoms with Crippen molar-refractivity contribution in [3.05, 3.63) is 23.8 Å². The van der Waals surface area contributed by atoms with Crippen molar-refractivity contribution in [2.24, 2.45) is 0 Å². The molecule has 0 radical (unpaired) electrons. The highest BCUT2D eigenvalue weighted by molar-refractivity contribution is 6.17. The highest BCUT2D eigenvalue weighted by Gasteiger charge is 2.47. The van der Waals surface area contributed by atoms with Gasteiger partial charge in [-0.2, -0.15) is 0 Å². The third kappa shape index (κ3) is 3.64. The van der Waals surface area contributed by atoms with Gasteiger partial charge in [-0.3, -0.25) is 0 Å². The van der Waals surface area contributed by atoms with Crippen LogP contribution in [0.15, 0.2) is 18.2 Å². The quantitative estimate of drug-likeness (QED) is 0.747. The minimum Gasteiger partial charge on any atom is -0.490 e. The van der Waals surface area contributed by atoms with Crippen molar-refractivity contribution >= 4 is 11.6 Å². The minimum atomic E-state index is -0.341. The molecule has 1 unspecified atom stereocenters. The number of para-hydroxylation sites is 1. The van der Waals surface area contributed by atoms with Crippen LogP contribution in [-0.2, 0) is 10.6 Å². The molecule has 0 bridgehead atoms. The van der Waals surface area contributed by atoms with Gasteiger partial charge in [0.05, 0.1) is 18.1 Å². The normalized spacial score (nSPS) is 23.0. The number of rotatable bonds is 5. The predicted octanol–water partition coefficient (Wildman–Crippen LogP) is 4.55. The molecule has 1 aliphatic heterocycles. The highest BCUT2D eigenvalue weighted by atomic mass is 35.5. The fourth-order valence-corrected chi connectivity index (χ4v) is 3.12. The molecule has 1 heterocycles. The molecule has 118 valence electrons. The van der Waals surface area contributed by atoms with Crippen molar-refractivity contribution in [1.82, 2.24) is 0 Å². The second-order valence-corrected chi connectivity index (χ2v) is 6.85. The van der Waals surface area contributed by atoms with Gasteiger partial charge in [-0.15, -0.1) is 11.6 Å². The first-order chi connectivity index (χ1) is 9.79. The summed E-state index contributed by atoms with van der Waals surface area (Å²) in [6.45, 7) is 10.9. The van der Waals surface area contributed by atoms with Gasteiger partial charge >= 0.3 is 0 Å². The zero-order chi connectivity index (χ0) is 15.7. The van der Waals surface area contributed by atoms with Gasteiger partial charge in [-0.05, 0) is 40.7 Å². The van der Waals surface area contributed by atoms with Crippen molar-refractivity contribution in [2.45, 2.75) is 64.2 Å². The van der Waals surface area contributed by atoms with Crippen molar-refractivity contribution in [3.63, 3.8) is 0 Å². The Kier molecular flexibility index (Phi) is 4.74. The zero-order valence-electron chi connectivity index (χ0n) is 13.5. The molecular weight excluding hydrogens is 288 g/mol. The maximum Gasteiger partial charge on any atom is 0.166 e. The number of hydrogen-bond acceptors (Lipinski definition) is 3. The maximum absolute atomic E-state index is 6.30. The molecule has 1 atom stereocenters. The zero-order valence-corrected chi connectivity index (χ0v) is 14.3. The number of halogens is 1. The van der Waals surface area contributed by atoms with Crippen molar-refractivity contribution in [2.75, 3.05) is 6.61 Å². The van der Waals surface area contributed by atoms with E-state index in [-0.39, 0.29) is 17.3 Å². The molecule has 0 aromatic heterocycles. The third-order valence-electron chi connectivity index (χ3n) is 3.76. The number of benzene rings is 1. The van der Waals surface area contributed by atoms with Crippen molar-refractivity contribution < 1.29 is 14.2 Å². The van der Waals surface area contributed by atoms with Crippen molar-refractivity contribution in [3.8, 4) is 11.5 Å². The number of alkyl halides is 1. The Morgan fingerprint density at radius 2 is 2.00 bits per heavy atom. The Bertz CT molecular complexity index is 497. The molecule has 3 nitrogen and oxygen atoms in total. The van der Waals surface area contributed by atoms with Crippen LogP contribution in [0.2, 0.25) is 0 Å².